The maximum atomic E-state index is 13.7. The third kappa shape index (κ3) is 2.89. The SMILES string of the molecule is Cc1cc2c(C(C)(C)C)cc(-c3nccc4c3ccc3cc(F)ccc34)cc2o1. The quantitative estimate of drug-likeness (QED) is 0.279. The van der Waals surface area contributed by atoms with Gasteiger partial charge in [0.15, 0.2) is 0 Å². The highest BCUT2D eigenvalue weighted by atomic mass is 19.1. The molecule has 0 saturated carbocycles. The summed E-state index contributed by atoms with van der Waals surface area (Å²) in [6.45, 7) is 8.62. The molecule has 0 fully saturated rings. The van der Waals surface area contributed by atoms with E-state index in [2.05, 4.69) is 39.0 Å². The van der Waals surface area contributed by atoms with Crippen molar-refractivity contribution in [3.05, 3.63) is 77.9 Å². The van der Waals surface area contributed by atoms with Gasteiger partial charge in [-0.3, -0.25) is 4.98 Å². The van der Waals surface area contributed by atoms with Crippen LogP contribution in [0, 0.1) is 12.7 Å². The lowest BCUT2D eigenvalue weighted by Gasteiger charge is -2.21. The zero-order valence-corrected chi connectivity index (χ0v) is 17.0. The Morgan fingerprint density at radius 2 is 1.62 bits per heavy atom. The predicted octanol–water partition coefficient (Wildman–Crippen LogP) is 7.55. The van der Waals surface area contributed by atoms with E-state index in [1.165, 1.54) is 11.6 Å². The predicted molar refractivity (Wildman–Crippen MR) is 118 cm³/mol. The molecular weight excluding hydrogens is 361 g/mol. The molecule has 3 heteroatoms. The molecule has 0 aliphatic heterocycles. The summed E-state index contributed by atoms with van der Waals surface area (Å²) >= 11 is 0. The summed E-state index contributed by atoms with van der Waals surface area (Å²) in [6, 6.07) is 17.3. The molecule has 2 nitrogen and oxygen atoms in total. The Bertz CT molecular complexity index is 1410. The molecule has 144 valence electrons. The van der Waals surface area contributed by atoms with E-state index in [1.54, 1.807) is 6.07 Å². The summed E-state index contributed by atoms with van der Waals surface area (Å²) in [5, 5.41) is 5.19. The normalized spacial score (nSPS) is 12.3. The molecule has 29 heavy (non-hydrogen) atoms. The van der Waals surface area contributed by atoms with Gasteiger partial charge in [0, 0.05) is 22.5 Å². The molecule has 0 N–H and O–H groups in total. The number of nitrogens with zero attached hydrogens (tertiary/aromatic N) is 1. The molecule has 2 heterocycles. The minimum absolute atomic E-state index is 0.0284. The first-order valence-corrected chi connectivity index (χ1v) is 9.83. The number of halogens is 1. The smallest absolute Gasteiger partial charge is 0.135 e. The lowest BCUT2D eigenvalue weighted by Crippen LogP contribution is -2.11. The van der Waals surface area contributed by atoms with E-state index < -0.39 is 0 Å². The maximum Gasteiger partial charge on any atom is 0.135 e. The standard InChI is InChI=1S/C26H22FNO/c1-15-11-22-23(26(2,3)4)13-17(14-24(22)29-15)25-21-7-5-16-12-18(27)6-8-19(16)20(21)9-10-28-25/h5-14H,1-4H3. The van der Waals surface area contributed by atoms with Gasteiger partial charge in [0.05, 0.1) is 5.69 Å². The van der Waals surface area contributed by atoms with E-state index >= 15 is 0 Å². The van der Waals surface area contributed by atoms with E-state index in [1.807, 2.05) is 37.4 Å². The van der Waals surface area contributed by atoms with Gasteiger partial charge in [-0.25, -0.2) is 4.39 Å². The third-order valence-electron chi connectivity index (χ3n) is 5.57. The van der Waals surface area contributed by atoms with Crippen molar-refractivity contribution in [3.8, 4) is 11.3 Å². The van der Waals surface area contributed by atoms with E-state index in [0.29, 0.717) is 0 Å². The van der Waals surface area contributed by atoms with Crippen molar-refractivity contribution in [1.82, 2.24) is 4.98 Å². The molecule has 5 rings (SSSR count). The molecule has 0 amide bonds. The van der Waals surface area contributed by atoms with Gasteiger partial charge in [-0.1, -0.05) is 39.0 Å². The minimum atomic E-state index is -0.223. The Balaban J connectivity index is 1.84. The van der Waals surface area contributed by atoms with Crippen LogP contribution in [-0.2, 0) is 5.41 Å². The molecular formula is C26H22FNO. The van der Waals surface area contributed by atoms with Crippen molar-refractivity contribution in [2.24, 2.45) is 0 Å². The molecule has 0 atom stereocenters. The summed E-state index contributed by atoms with van der Waals surface area (Å²) in [5.41, 5.74) is 4.04. The van der Waals surface area contributed by atoms with E-state index in [4.69, 9.17) is 9.40 Å². The van der Waals surface area contributed by atoms with Gasteiger partial charge in [0.25, 0.3) is 0 Å². The molecule has 0 unspecified atom stereocenters. The number of aromatic nitrogens is 1. The van der Waals surface area contributed by atoms with Crippen molar-refractivity contribution in [1.29, 1.82) is 0 Å². The van der Waals surface area contributed by atoms with E-state index in [-0.39, 0.29) is 11.2 Å². The maximum absolute atomic E-state index is 13.7. The molecule has 3 aromatic carbocycles. The van der Waals surface area contributed by atoms with Crippen LogP contribution in [0.2, 0.25) is 0 Å². The number of fused-ring (bicyclic) bond motifs is 4. The van der Waals surface area contributed by atoms with Crippen molar-refractivity contribution in [3.63, 3.8) is 0 Å². The van der Waals surface area contributed by atoms with Gasteiger partial charge >= 0.3 is 0 Å². The highest BCUT2D eigenvalue weighted by Gasteiger charge is 2.21. The first kappa shape index (κ1) is 17.9. The van der Waals surface area contributed by atoms with Crippen molar-refractivity contribution >= 4 is 32.5 Å². The van der Waals surface area contributed by atoms with Crippen molar-refractivity contribution < 1.29 is 8.81 Å². The van der Waals surface area contributed by atoms with Gasteiger partial charge in [-0.15, -0.1) is 0 Å². The molecule has 0 aliphatic rings. The van der Waals surface area contributed by atoms with Crippen LogP contribution in [-0.4, -0.2) is 4.98 Å². The number of benzene rings is 3. The average Bonchev–Trinajstić information content (AvgIpc) is 3.05. The van der Waals surface area contributed by atoms with E-state index in [0.717, 1.165) is 49.5 Å². The number of rotatable bonds is 1. The first-order chi connectivity index (χ1) is 13.8. The number of pyridine rings is 1. The largest absolute Gasteiger partial charge is 0.461 e. The van der Waals surface area contributed by atoms with Crippen LogP contribution in [0.25, 0.3) is 43.8 Å². The Morgan fingerprint density at radius 3 is 2.41 bits per heavy atom. The molecule has 0 spiro atoms. The summed E-state index contributed by atoms with van der Waals surface area (Å²) in [6.07, 6.45) is 1.83. The Morgan fingerprint density at radius 1 is 0.828 bits per heavy atom. The average molecular weight is 383 g/mol. The highest BCUT2D eigenvalue weighted by Crippen LogP contribution is 2.38. The van der Waals surface area contributed by atoms with Gasteiger partial charge < -0.3 is 4.42 Å². The van der Waals surface area contributed by atoms with Crippen LogP contribution in [0.5, 0.6) is 0 Å². The second-order valence-corrected chi connectivity index (χ2v) is 8.73. The molecule has 0 bridgehead atoms. The van der Waals surface area contributed by atoms with Crippen LogP contribution in [0.4, 0.5) is 4.39 Å². The highest BCUT2D eigenvalue weighted by molar-refractivity contribution is 6.11. The first-order valence-electron chi connectivity index (χ1n) is 9.83. The monoisotopic (exact) mass is 383 g/mol. The third-order valence-corrected chi connectivity index (χ3v) is 5.57. The second-order valence-electron chi connectivity index (χ2n) is 8.73. The summed E-state index contributed by atoms with van der Waals surface area (Å²) < 4.78 is 19.7. The fraction of sp³-hybridized carbons (Fsp3) is 0.192. The molecule has 5 aromatic rings. The molecule has 0 aliphatic carbocycles. The Kier molecular flexibility index (Phi) is 3.79. The van der Waals surface area contributed by atoms with Crippen LogP contribution in [0.3, 0.4) is 0 Å². The number of hydrogen-bond acceptors (Lipinski definition) is 2. The van der Waals surface area contributed by atoms with Crippen LogP contribution in [0.1, 0.15) is 32.1 Å². The summed E-state index contributed by atoms with van der Waals surface area (Å²) in [5.74, 6) is 0.682. The Hall–Kier alpha value is -3.20. The van der Waals surface area contributed by atoms with Gasteiger partial charge in [0.1, 0.15) is 17.2 Å². The summed E-state index contributed by atoms with van der Waals surface area (Å²) in [4.78, 5) is 4.72. The van der Waals surface area contributed by atoms with Crippen LogP contribution >= 0.6 is 0 Å². The molecule has 0 saturated heterocycles. The Labute approximate surface area is 169 Å². The van der Waals surface area contributed by atoms with Crippen molar-refractivity contribution in [2.75, 3.05) is 0 Å². The number of furan rings is 1. The summed E-state index contributed by atoms with van der Waals surface area (Å²) in [7, 11) is 0. The van der Waals surface area contributed by atoms with Crippen molar-refractivity contribution in [2.45, 2.75) is 33.1 Å². The van der Waals surface area contributed by atoms with Crippen LogP contribution in [0.15, 0.2) is 65.2 Å². The van der Waals surface area contributed by atoms with Crippen LogP contribution < -0.4 is 0 Å². The molecule has 2 aromatic heterocycles. The number of aryl methyl sites for hydroxylation is 1. The van der Waals surface area contributed by atoms with E-state index in [9.17, 15) is 4.39 Å². The second kappa shape index (κ2) is 6.15. The zero-order valence-electron chi connectivity index (χ0n) is 17.0. The topological polar surface area (TPSA) is 26.0 Å². The van der Waals surface area contributed by atoms with Gasteiger partial charge in [-0.2, -0.15) is 0 Å². The zero-order chi connectivity index (χ0) is 20.3. The lowest BCUT2D eigenvalue weighted by atomic mass is 9.83. The van der Waals surface area contributed by atoms with Gasteiger partial charge in [0.2, 0.25) is 0 Å². The number of hydrogen-bond donors (Lipinski definition) is 0. The fourth-order valence-electron chi connectivity index (χ4n) is 4.22. The lowest BCUT2D eigenvalue weighted by molar-refractivity contribution is 0.575. The van der Waals surface area contributed by atoms with Gasteiger partial charge in [-0.05, 0) is 70.5 Å². The fourth-order valence-corrected chi connectivity index (χ4v) is 4.22. The molecule has 0 radical (unpaired) electrons. The minimum Gasteiger partial charge on any atom is -0.461 e.